The van der Waals surface area contributed by atoms with Crippen molar-refractivity contribution in [1.29, 1.82) is 0 Å². The maximum Gasteiger partial charge on any atom is 0.258 e. The molecule has 0 aliphatic rings. The van der Waals surface area contributed by atoms with Gasteiger partial charge >= 0.3 is 0 Å². The summed E-state index contributed by atoms with van der Waals surface area (Å²) in [6, 6.07) is 4.50. The number of carbonyl (C=O) groups excluding carboxylic acids is 2. The molecule has 1 amide bonds. The summed E-state index contributed by atoms with van der Waals surface area (Å²) in [4.78, 5) is 27.2. The van der Waals surface area contributed by atoms with Gasteiger partial charge < -0.3 is 9.90 Å². The molecule has 1 heterocycles. The van der Waals surface area contributed by atoms with Gasteiger partial charge in [-0.25, -0.2) is 4.98 Å². The Morgan fingerprint density at radius 2 is 2.00 bits per heavy atom. The number of thiazole rings is 1. The van der Waals surface area contributed by atoms with Crippen molar-refractivity contribution in [3.8, 4) is 0 Å². The molecule has 2 aromatic rings. The van der Waals surface area contributed by atoms with E-state index in [9.17, 15) is 14.7 Å². The molecular formula is C13H11N2O3S-. The maximum atomic E-state index is 12.1. The maximum absolute atomic E-state index is 12.1. The van der Waals surface area contributed by atoms with Crippen molar-refractivity contribution in [2.75, 3.05) is 5.32 Å². The fourth-order valence-corrected chi connectivity index (χ4v) is 2.28. The van der Waals surface area contributed by atoms with Crippen LogP contribution in [0.1, 0.15) is 32.0 Å². The second-order valence-corrected chi connectivity index (χ2v) is 4.94. The third-order valence-corrected chi connectivity index (χ3v) is 3.35. The van der Waals surface area contributed by atoms with E-state index >= 15 is 0 Å². The quantitative estimate of drug-likeness (QED) is 0.917. The zero-order valence-corrected chi connectivity index (χ0v) is 11.2. The molecule has 0 aliphatic heterocycles. The molecule has 0 saturated carbocycles. The van der Waals surface area contributed by atoms with E-state index in [1.807, 2.05) is 6.92 Å². The number of aromatic carboxylic acids is 1. The van der Waals surface area contributed by atoms with E-state index in [0.717, 1.165) is 11.3 Å². The van der Waals surface area contributed by atoms with Crippen LogP contribution in [0.25, 0.3) is 0 Å². The predicted molar refractivity (Wildman–Crippen MR) is 70.3 cm³/mol. The summed E-state index contributed by atoms with van der Waals surface area (Å²) in [6.45, 7) is 3.59. The summed E-state index contributed by atoms with van der Waals surface area (Å²) in [6.07, 6.45) is 0. The molecule has 0 atom stereocenters. The highest BCUT2D eigenvalue weighted by Crippen LogP contribution is 2.17. The van der Waals surface area contributed by atoms with Crippen LogP contribution in [-0.4, -0.2) is 16.9 Å². The number of rotatable bonds is 3. The molecule has 0 bridgehead atoms. The van der Waals surface area contributed by atoms with Crippen molar-refractivity contribution in [3.63, 3.8) is 0 Å². The van der Waals surface area contributed by atoms with E-state index in [0.29, 0.717) is 5.13 Å². The molecule has 0 fully saturated rings. The normalized spacial score (nSPS) is 10.2. The minimum atomic E-state index is -1.37. The van der Waals surface area contributed by atoms with Gasteiger partial charge in [-0.3, -0.25) is 10.1 Å². The number of hydrogen-bond donors (Lipinski definition) is 1. The first-order valence-electron chi connectivity index (χ1n) is 5.53. The van der Waals surface area contributed by atoms with Crippen molar-refractivity contribution in [3.05, 3.63) is 46.0 Å². The second-order valence-electron chi connectivity index (χ2n) is 4.08. The number of aromatic nitrogens is 1. The number of nitrogens with zero attached hydrogens (tertiary/aromatic N) is 1. The topological polar surface area (TPSA) is 82.1 Å². The molecule has 98 valence electrons. The zero-order valence-electron chi connectivity index (χ0n) is 10.4. The van der Waals surface area contributed by atoms with Gasteiger partial charge in [0.05, 0.1) is 11.7 Å². The van der Waals surface area contributed by atoms with Gasteiger partial charge in [-0.2, -0.15) is 0 Å². The predicted octanol–water partition coefficient (Wildman–Crippen LogP) is 1.38. The van der Waals surface area contributed by atoms with Crippen LogP contribution in [0, 0.1) is 13.8 Å². The van der Waals surface area contributed by atoms with Crippen molar-refractivity contribution in [2.45, 2.75) is 13.8 Å². The number of anilines is 1. The van der Waals surface area contributed by atoms with Crippen LogP contribution < -0.4 is 10.4 Å². The number of carbonyl (C=O) groups is 2. The van der Waals surface area contributed by atoms with Crippen LogP contribution in [0.4, 0.5) is 5.13 Å². The lowest BCUT2D eigenvalue weighted by Gasteiger charge is -2.10. The van der Waals surface area contributed by atoms with Crippen molar-refractivity contribution in [1.82, 2.24) is 4.98 Å². The number of nitrogens with one attached hydrogen (secondary N) is 1. The summed E-state index contributed by atoms with van der Waals surface area (Å²) in [5.74, 6) is -1.88. The minimum absolute atomic E-state index is 0.0767. The Hall–Kier alpha value is -2.21. The first-order chi connectivity index (χ1) is 8.97. The minimum Gasteiger partial charge on any atom is -0.545 e. The number of benzene rings is 1. The number of hydrogen-bond acceptors (Lipinski definition) is 5. The molecule has 19 heavy (non-hydrogen) atoms. The lowest BCUT2D eigenvalue weighted by atomic mass is 10.0. The first-order valence-corrected chi connectivity index (χ1v) is 6.41. The Morgan fingerprint density at radius 3 is 2.58 bits per heavy atom. The molecule has 0 saturated heterocycles. The van der Waals surface area contributed by atoms with Gasteiger partial charge in [0.25, 0.3) is 5.91 Å². The molecule has 1 N–H and O–H groups in total. The third kappa shape index (κ3) is 2.97. The molecule has 0 spiro atoms. The molecule has 2 rings (SSSR count). The van der Waals surface area contributed by atoms with Crippen LogP contribution in [0.3, 0.4) is 0 Å². The largest absolute Gasteiger partial charge is 0.545 e. The van der Waals surface area contributed by atoms with Gasteiger partial charge in [-0.15, -0.1) is 11.3 Å². The average molecular weight is 275 g/mol. The van der Waals surface area contributed by atoms with Crippen LogP contribution in [0.5, 0.6) is 0 Å². The summed E-state index contributed by atoms with van der Waals surface area (Å²) < 4.78 is 0. The van der Waals surface area contributed by atoms with Gasteiger partial charge in [0.1, 0.15) is 0 Å². The first kappa shape index (κ1) is 13.2. The monoisotopic (exact) mass is 275 g/mol. The van der Waals surface area contributed by atoms with Crippen LogP contribution in [0.15, 0.2) is 23.6 Å². The Kier molecular flexibility index (Phi) is 3.62. The van der Waals surface area contributed by atoms with Crippen LogP contribution in [0.2, 0.25) is 0 Å². The standard InChI is InChI=1S/C13H12N2O3S/c1-7-3-4-9(12(17)18)10(5-7)11(16)15-13-14-8(2)6-19-13/h3-6H,1-2H3,(H,17,18)(H,14,15,16)/p-1. The Morgan fingerprint density at radius 1 is 1.26 bits per heavy atom. The van der Waals surface area contributed by atoms with Gasteiger partial charge in [0.15, 0.2) is 5.13 Å². The van der Waals surface area contributed by atoms with Crippen LogP contribution in [-0.2, 0) is 0 Å². The number of aryl methyl sites for hydroxylation is 2. The molecule has 1 aromatic heterocycles. The second kappa shape index (κ2) is 5.19. The van der Waals surface area contributed by atoms with E-state index < -0.39 is 11.9 Å². The SMILES string of the molecule is Cc1ccc(C(=O)[O-])c(C(=O)Nc2nc(C)cs2)c1. The van der Waals surface area contributed by atoms with Crippen molar-refractivity contribution < 1.29 is 14.7 Å². The van der Waals surface area contributed by atoms with Gasteiger partial charge in [0.2, 0.25) is 0 Å². The number of carboxylic acid groups (broad SMARTS) is 1. The van der Waals surface area contributed by atoms with Crippen molar-refractivity contribution in [2.24, 2.45) is 0 Å². The highest BCUT2D eigenvalue weighted by Gasteiger charge is 2.14. The van der Waals surface area contributed by atoms with E-state index in [-0.39, 0.29) is 11.1 Å². The Labute approximate surface area is 113 Å². The lowest BCUT2D eigenvalue weighted by Crippen LogP contribution is -2.26. The molecule has 5 nitrogen and oxygen atoms in total. The third-order valence-electron chi connectivity index (χ3n) is 2.48. The molecular weight excluding hydrogens is 264 g/mol. The zero-order chi connectivity index (χ0) is 14.0. The van der Waals surface area contributed by atoms with Crippen LogP contribution >= 0.6 is 11.3 Å². The summed E-state index contributed by atoms with van der Waals surface area (Å²) in [5, 5.41) is 15.8. The van der Waals surface area contributed by atoms with Gasteiger partial charge in [-0.05, 0) is 19.9 Å². The smallest absolute Gasteiger partial charge is 0.258 e. The van der Waals surface area contributed by atoms with Gasteiger partial charge in [-0.1, -0.05) is 17.7 Å². The van der Waals surface area contributed by atoms with E-state index in [4.69, 9.17) is 0 Å². The number of amides is 1. The Bertz CT molecular complexity index is 649. The van der Waals surface area contributed by atoms with E-state index in [2.05, 4.69) is 10.3 Å². The molecule has 0 radical (unpaired) electrons. The number of carboxylic acids is 1. The summed E-state index contributed by atoms with van der Waals surface area (Å²) in [7, 11) is 0. The summed E-state index contributed by atoms with van der Waals surface area (Å²) in [5.41, 5.74) is 1.54. The van der Waals surface area contributed by atoms with E-state index in [1.54, 1.807) is 18.4 Å². The average Bonchev–Trinajstić information content (AvgIpc) is 2.74. The fourth-order valence-electron chi connectivity index (χ4n) is 1.60. The molecule has 0 unspecified atom stereocenters. The van der Waals surface area contributed by atoms with Crippen molar-refractivity contribution >= 4 is 28.3 Å². The lowest BCUT2D eigenvalue weighted by molar-refractivity contribution is -0.255. The molecule has 0 aliphatic carbocycles. The highest BCUT2D eigenvalue weighted by atomic mass is 32.1. The van der Waals surface area contributed by atoms with E-state index in [1.165, 1.54) is 23.5 Å². The molecule has 1 aromatic carbocycles. The van der Waals surface area contributed by atoms with Gasteiger partial charge in [0, 0.05) is 16.5 Å². The molecule has 6 heteroatoms. The highest BCUT2D eigenvalue weighted by molar-refractivity contribution is 7.13. The Balaban J connectivity index is 2.32. The summed E-state index contributed by atoms with van der Waals surface area (Å²) >= 11 is 1.28. The fraction of sp³-hybridized carbons (Fsp3) is 0.154.